The van der Waals surface area contributed by atoms with Crippen LogP contribution in [0.1, 0.15) is 39.0 Å². The summed E-state index contributed by atoms with van der Waals surface area (Å²) in [5, 5.41) is 12.8. The van der Waals surface area contributed by atoms with Crippen LogP contribution in [0.5, 0.6) is 0 Å². The van der Waals surface area contributed by atoms with E-state index in [0.717, 1.165) is 45.4 Å². The molecule has 1 aliphatic carbocycles. The minimum atomic E-state index is -0.0730. The molecule has 2 N–H and O–H groups in total. The summed E-state index contributed by atoms with van der Waals surface area (Å²) in [7, 11) is 0. The van der Waals surface area contributed by atoms with E-state index in [1.165, 1.54) is 6.42 Å². The van der Waals surface area contributed by atoms with Crippen molar-refractivity contribution in [1.82, 2.24) is 5.32 Å². The third kappa shape index (κ3) is 11.1. The number of nitrogens with one attached hydrogen (secondary N) is 1. The zero-order valence-corrected chi connectivity index (χ0v) is 13.5. The molecule has 1 rings (SSSR count). The van der Waals surface area contributed by atoms with E-state index in [4.69, 9.17) is 14.2 Å². The van der Waals surface area contributed by atoms with Gasteiger partial charge in [0.05, 0.1) is 39.1 Å². The van der Waals surface area contributed by atoms with E-state index in [9.17, 15) is 5.11 Å². The van der Waals surface area contributed by atoms with Gasteiger partial charge in [0.2, 0.25) is 0 Å². The molecule has 1 fully saturated rings. The van der Waals surface area contributed by atoms with Crippen molar-refractivity contribution >= 4 is 0 Å². The highest BCUT2D eigenvalue weighted by Gasteiger charge is 2.21. The van der Waals surface area contributed by atoms with Crippen molar-refractivity contribution in [3.63, 3.8) is 0 Å². The third-order valence-corrected chi connectivity index (χ3v) is 3.76. The lowest BCUT2D eigenvalue weighted by Crippen LogP contribution is -2.26. The molecule has 21 heavy (non-hydrogen) atoms. The highest BCUT2D eigenvalue weighted by Crippen LogP contribution is 2.24. The summed E-state index contributed by atoms with van der Waals surface area (Å²) in [6, 6.07) is 0. The van der Waals surface area contributed by atoms with Gasteiger partial charge in [-0.1, -0.05) is 13.3 Å². The average molecular weight is 303 g/mol. The first-order valence-corrected chi connectivity index (χ1v) is 8.45. The van der Waals surface area contributed by atoms with Gasteiger partial charge in [-0.3, -0.25) is 0 Å². The van der Waals surface area contributed by atoms with Crippen LogP contribution in [-0.2, 0) is 14.2 Å². The number of unbranched alkanes of at least 4 members (excludes halogenated alkanes) is 1. The first-order valence-electron chi connectivity index (χ1n) is 8.45. The van der Waals surface area contributed by atoms with Gasteiger partial charge in [0.1, 0.15) is 0 Å². The molecule has 0 heterocycles. The van der Waals surface area contributed by atoms with Crippen LogP contribution in [0.4, 0.5) is 0 Å². The fraction of sp³-hybridized carbons (Fsp3) is 1.00. The SMILES string of the molecule is CCCCOCCOCCOCCNCC1CCC(O)C1. The summed E-state index contributed by atoms with van der Waals surface area (Å²) in [5.74, 6) is 0.635. The van der Waals surface area contributed by atoms with E-state index >= 15 is 0 Å². The Balaban J connectivity index is 1.69. The maximum absolute atomic E-state index is 9.43. The predicted octanol–water partition coefficient (Wildman–Crippen LogP) is 1.59. The first-order chi connectivity index (χ1) is 10.3. The molecule has 0 amide bonds. The van der Waals surface area contributed by atoms with Crippen LogP contribution in [0.3, 0.4) is 0 Å². The van der Waals surface area contributed by atoms with Gasteiger partial charge in [-0.2, -0.15) is 0 Å². The van der Waals surface area contributed by atoms with E-state index < -0.39 is 0 Å². The Kier molecular flexibility index (Phi) is 12.1. The molecule has 0 saturated heterocycles. The quantitative estimate of drug-likeness (QED) is 0.477. The first kappa shape index (κ1) is 18.8. The van der Waals surface area contributed by atoms with Crippen molar-refractivity contribution in [1.29, 1.82) is 0 Å². The molecular formula is C16H33NO4. The summed E-state index contributed by atoms with van der Waals surface area (Å²) in [5.41, 5.74) is 0. The van der Waals surface area contributed by atoms with Gasteiger partial charge in [0.25, 0.3) is 0 Å². The van der Waals surface area contributed by atoms with E-state index in [0.29, 0.717) is 39.0 Å². The molecule has 0 aromatic heterocycles. The van der Waals surface area contributed by atoms with Crippen molar-refractivity contribution < 1.29 is 19.3 Å². The van der Waals surface area contributed by atoms with Crippen LogP contribution in [0.2, 0.25) is 0 Å². The van der Waals surface area contributed by atoms with Crippen LogP contribution in [-0.4, -0.2) is 63.9 Å². The summed E-state index contributed by atoms with van der Waals surface area (Å²) < 4.78 is 16.3. The largest absolute Gasteiger partial charge is 0.393 e. The predicted molar refractivity (Wildman–Crippen MR) is 83.6 cm³/mol. The van der Waals surface area contributed by atoms with Gasteiger partial charge >= 0.3 is 0 Å². The van der Waals surface area contributed by atoms with Crippen LogP contribution in [0.15, 0.2) is 0 Å². The lowest BCUT2D eigenvalue weighted by atomic mass is 10.1. The van der Waals surface area contributed by atoms with Gasteiger partial charge in [0.15, 0.2) is 0 Å². The van der Waals surface area contributed by atoms with Crippen LogP contribution in [0, 0.1) is 5.92 Å². The molecule has 1 saturated carbocycles. The van der Waals surface area contributed by atoms with Gasteiger partial charge in [-0.25, -0.2) is 0 Å². The average Bonchev–Trinajstić information content (AvgIpc) is 2.89. The molecular weight excluding hydrogens is 270 g/mol. The molecule has 5 heteroatoms. The van der Waals surface area contributed by atoms with Gasteiger partial charge in [0, 0.05) is 13.2 Å². The topological polar surface area (TPSA) is 60.0 Å². The van der Waals surface area contributed by atoms with Crippen molar-refractivity contribution in [3.05, 3.63) is 0 Å². The highest BCUT2D eigenvalue weighted by molar-refractivity contribution is 4.75. The van der Waals surface area contributed by atoms with Crippen LogP contribution < -0.4 is 5.32 Å². The standard InChI is InChI=1S/C16H33NO4/c1-2-3-7-19-9-11-21-12-10-20-8-6-17-14-15-4-5-16(18)13-15/h15-18H,2-14H2,1H3. The number of aliphatic hydroxyl groups is 1. The summed E-state index contributed by atoms with van der Waals surface area (Å²) in [6.45, 7) is 8.16. The molecule has 0 bridgehead atoms. The molecule has 5 nitrogen and oxygen atoms in total. The van der Waals surface area contributed by atoms with Crippen molar-refractivity contribution in [2.75, 3.05) is 52.7 Å². The third-order valence-electron chi connectivity index (χ3n) is 3.76. The molecule has 0 aliphatic heterocycles. The summed E-state index contributed by atoms with van der Waals surface area (Å²) in [6.07, 6.45) is 5.27. The highest BCUT2D eigenvalue weighted by atomic mass is 16.5. The van der Waals surface area contributed by atoms with Crippen molar-refractivity contribution in [3.8, 4) is 0 Å². The second-order valence-corrected chi connectivity index (χ2v) is 5.73. The van der Waals surface area contributed by atoms with Crippen LogP contribution >= 0.6 is 0 Å². The maximum atomic E-state index is 9.43. The summed E-state index contributed by atoms with van der Waals surface area (Å²) in [4.78, 5) is 0. The fourth-order valence-corrected chi connectivity index (χ4v) is 2.47. The molecule has 2 unspecified atom stereocenters. The number of ether oxygens (including phenoxy) is 3. The number of hydrogen-bond acceptors (Lipinski definition) is 5. The number of rotatable bonds is 14. The fourth-order valence-electron chi connectivity index (χ4n) is 2.47. The Morgan fingerprint density at radius 3 is 2.24 bits per heavy atom. The Hall–Kier alpha value is -0.200. The molecule has 2 atom stereocenters. The van der Waals surface area contributed by atoms with E-state index in [1.54, 1.807) is 0 Å². The van der Waals surface area contributed by atoms with E-state index in [2.05, 4.69) is 12.2 Å². The van der Waals surface area contributed by atoms with Gasteiger partial charge in [-0.05, 0) is 38.1 Å². The number of hydrogen-bond donors (Lipinski definition) is 2. The lowest BCUT2D eigenvalue weighted by Gasteiger charge is -2.11. The van der Waals surface area contributed by atoms with Crippen molar-refractivity contribution in [2.45, 2.75) is 45.1 Å². The molecule has 0 radical (unpaired) electrons. The van der Waals surface area contributed by atoms with Gasteiger partial charge < -0.3 is 24.6 Å². The Morgan fingerprint density at radius 2 is 1.62 bits per heavy atom. The van der Waals surface area contributed by atoms with Crippen molar-refractivity contribution in [2.24, 2.45) is 5.92 Å². The molecule has 1 aliphatic rings. The van der Waals surface area contributed by atoms with Crippen LogP contribution in [0.25, 0.3) is 0 Å². The number of aliphatic hydroxyl groups excluding tert-OH is 1. The molecule has 0 aromatic rings. The summed E-state index contributed by atoms with van der Waals surface area (Å²) >= 11 is 0. The second-order valence-electron chi connectivity index (χ2n) is 5.73. The smallest absolute Gasteiger partial charge is 0.0701 e. The Labute approximate surface area is 129 Å². The minimum absolute atomic E-state index is 0.0730. The minimum Gasteiger partial charge on any atom is -0.393 e. The zero-order valence-electron chi connectivity index (χ0n) is 13.5. The van der Waals surface area contributed by atoms with E-state index in [1.807, 2.05) is 0 Å². The Morgan fingerprint density at radius 1 is 0.952 bits per heavy atom. The van der Waals surface area contributed by atoms with Gasteiger partial charge in [-0.15, -0.1) is 0 Å². The molecule has 126 valence electrons. The molecule has 0 aromatic carbocycles. The zero-order chi connectivity index (χ0) is 15.2. The Bertz CT molecular complexity index is 228. The maximum Gasteiger partial charge on any atom is 0.0701 e. The van der Waals surface area contributed by atoms with E-state index in [-0.39, 0.29) is 6.10 Å². The second kappa shape index (κ2) is 13.5. The molecule has 0 spiro atoms. The monoisotopic (exact) mass is 303 g/mol. The lowest BCUT2D eigenvalue weighted by molar-refractivity contribution is 0.0146. The normalized spacial score (nSPS) is 22.0.